The van der Waals surface area contributed by atoms with Crippen molar-refractivity contribution in [2.24, 2.45) is 5.10 Å². The van der Waals surface area contributed by atoms with E-state index in [0.717, 1.165) is 23.8 Å². The molecule has 166 valence electrons. The van der Waals surface area contributed by atoms with Crippen LogP contribution < -0.4 is 10.2 Å². The summed E-state index contributed by atoms with van der Waals surface area (Å²) < 4.78 is 44.0. The Labute approximate surface area is 196 Å². The van der Waals surface area contributed by atoms with Crippen LogP contribution in [0.1, 0.15) is 27.0 Å². The van der Waals surface area contributed by atoms with E-state index in [9.17, 15) is 18.0 Å². The van der Waals surface area contributed by atoms with Gasteiger partial charge in [0.25, 0.3) is 5.91 Å². The van der Waals surface area contributed by atoms with E-state index in [4.69, 9.17) is 39.5 Å². The third-order valence-corrected chi connectivity index (χ3v) is 5.11. The topological polar surface area (TPSA) is 50.7 Å². The zero-order chi connectivity index (χ0) is 23.3. The van der Waals surface area contributed by atoms with Crippen molar-refractivity contribution in [3.05, 3.63) is 98.0 Å². The van der Waals surface area contributed by atoms with E-state index in [1.807, 2.05) is 6.07 Å². The summed E-state index contributed by atoms with van der Waals surface area (Å²) in [7, 11) is 0. The molecule has 0 aromatic heterocycles. The van der Waals surface area contributed by atoms with Crippen molar-refractivity contribution >= 4 is 46.9 Å². The molecule has 1 amide bonds. The lowest BCUT2D eigenvalue weighted by Gasteiger charge is -2.11. The van der Waals surface area contributed by atoms with Crippen molar-refractivity contribution < 1.29 is 22.7 Å². The molecule has 3 rings (SSSR count). The number of carbonyl (C=O) groups is 1. The highest BCUT2D eigenvalue weighted by atomic mass is 35.5. The number of rotatable bonds is 6. The maximum atomic E-state index is 12.8. The summed E-state index contributed by atoms with van der Waals surface area (Å²) in [5, 5.41) is 4.69. The first-order valence-electron chi connectivity index (χ1n) is 9.01. The number of benzene rings is 3. The molecule has 4 nitrogen and oxygen atoms in total. The molecule has 3 aromatic carbocycles. The molecular weight excluding hydrogens is 488 g/mol. The molecule has 0 radical (unpaired) electrons. The Hall–Kier alpha value is -2.74. The monoisotopic (exact) mass is 500 g/mol. The first-order chi connectivity index (χ1) is 15.1. The predicted molar refractivity (Wildman–Crippen MR) is 119 cm³/mol. The molecule has 0 spiro atoms. The van der Waals surface area contributed by atoms with Gasteiger partial charge in [-0.25, -0.2) is 5.43 Å². The summed E-state index contributed by atoms with van der Waals surface area (Å²) in [6.07, 6.45) is -3.30. The molecule has 3 aromatic rings. The van der Waals surface area contributed by atoms with E-state index in [0.29, 0.717) is 10.6 Å². The van der Waals surface area contributed by atoms with Crippen molar-refractivity contribution in [1.29, 1.82) is 0 Å². The van der Waals surface area contributed by atoms with E-state index in [-0.39, 0.29) is 28.0 Å². The molecular formula is C22H14Cl3F3N2O2. The second-order valence-corrected chi connectivity index (χ2v) is 7.69. The van der Waals surface area contributed by atoms with E-state index in [1.165, 1.54) is 24.4 Å². The van der Waals surface area contributed by atoms with E-state index in [2.05, 4.69) is 10.5 Å². The lowest BCUT2D eigenvalue weighted by Crippen LogP contribution is -2.18. The number of ether oxygens (including phenoxy) is 1. The van der Waals surface area contributed by atoms with Gasteiger partial charge < -0.3 is 4.74 Å². The van der Waals surface area contributed by atoms with Gasteiger partial charge in [0.05, 0.1) is 21.8 Å². The third-order valence-electron chi connectivity index (χ3n) is 4.18. The summed E-state index contributed by atoms with van der Waals surface area (Å²) in [4.78, 5) is 12.1. The van der Waals surface area contributed by atoms with Crippen molar-refractivity contribution in [1.82, 2.24) is 5.43 Å². The van der Waals surface area contributed by atoms with Crippen molar-refractivity contribution in [3.63, 3.8) is 0 Å². The van der Waals surface area contributed by atoms with Gasteiger partial charge in [0, 0.05) is 16.1 Å². The van der Waals surface area contributed by atoms with Gasteiger partial charge in [-0.1, -0.05) is 59.1 Å². The molecule has 0 atom stereocenters. The third kappa shape index (κ3) is 6.16. The molecule has 1 N–H and O–H groups in total. The number of nitrogens with one attached hydrogen (secondary N) is 1. The molecule has 0 unspecified atom stereocenters. The SMILES string of the molecule is O=C(N/N=C/c1cc(Cl)c(OCc2ccccc2Cl)c(Cl)c1)c1cccc(C(F)(F)F)c1. The van der Waals surface area contributed by atoms with Crippen molar-refractivity contribution in [2.75, 3.05) is 0 Å². The fourth-order valence-corrected chi connectivity index (χ4v) is 3.43. The second-order valence-electron chi connectivity index (χ2n) is 6.47. The molecule has 0 saturated carbocycles. The number of hydrazone groups is 1. The minimum atomic E-state index is -4.55. The summed E-state index contributed by atoms with van der Waals surface area (Å²) >= 11 is 18.6. The number of carbonyl (C=O) groups excluding carboxylic acids is 1. The van der Waals surface area contributed by atoms with Crippen LogP contribution in [-0.2, 0) is 12.8 Å². The van der Waals surface area contributed by atoms with Crippen LogP contribution in [0.2, 0.25) is 15.1 Å². The molecule has 0 aliphatic rings. The van der Waals surface area contributed by atoms with Crippen LogP contribution in [0.4, 0.5) is 13.2 Å². The first-order valence-corrected chi connectivity index (χ1v) is 10.1. The van der Waals surface area contributed by atoms with Crippen LogP contribution in [0, 0.1) is 0 Å². The van der Waals surface area contributed by atoms with Gasteiger partial charge in [-0.15, -0.1) is 0 Å². The van der Waals surface area contributed by atoms with Gasteiger partial charge in [-0.3, -0.25) is 4.79 Å². The fraction of sp³-hybridized carbons (Fsp3) is 0.0909. The largest absolute Gasteiger partial charge is 0.486 e. The quantitative estimate of drug-likeness (QED) is 0.292. The van der Waals surface area contributed by atoms with Gasteiger partial charge in [0.1, 0.15) is 6.61 Å². The number of hydrogen-bond donors (Lipinski definition) is 1. The Morgan fingerprint density at radius 3 is 2.31 bits per heavy atom. The Balaban J connectivity index is 1.66. The number of amides is 1. The minimum Gasteiger partial charge on any atom is -0.486 e. The maximum absolute atomic E-state index is 12.8. The Morgan fingerprint density at radius 2 is 1.66 bits per heavy atom. The molecule has 0 fully saturated rings. The van der Waals surface area contributed by atoms with Crippen LogP contribution >= 0.6 is 34.8 Å². The van der Waals surface area contributed by atoms with Crippen LogP contribution in [0.15, 0.2) is 65.8 Å². The Bertz CT molecular complexity index is 1140. The minimum absolute atomic E-state index is 0.152. The average molecular weight is 502 g/mol. The van der Waals surface area contributed by atoms with Crippen molar-refractivity contribution in [2.45, 2.75) is 12.8 Å². The van der Waals surface area contributed by atoms with Crippen LogP contribution in [-0.4, -0.2) is 12.1 Å². The smallest absolute Gasteiger partial charge is 0.416 e. The molecule has 0 heterocycles. The Kier molecular flexibility index (Phi) is 7.66. The zero-order valence-corrected chi connectivity index (χ0v) is 18.4. The van der Waals surface area contributed by atoms with Crippen molar-refractivity contribution in [3.8, 4) is 5.75 Å². The molecule has 0 aliphatic carbocycles. The fourth-order valence-electron chi connectivity index (χ4n) is 2.62. The first kappa shape index (κ1) is 23.9. The van der Waals surface area contributed by atoms with Gasteiger partial charge in [-0.2, -0.15) is 18.3 Å². The molecule has 10 heteroatoms. The van der Waals surface area contributed by atoms with Gasteiger partial charge >= 0.3 is 6.18 Å². The number of nitrogens with zero attached hydrogens (tertiary/aromatic N) is 1. The zero-order valence-electron chi connectivity index (χ0n) is 16.1. The van der Waals surface area contributed by atoms with E-state index < -0.39 is 17.6 Å². The number of halogens is 6. The maximum Gasteiger partial charge on any atom is 0.416 e. The lowest BCUT2D eigenvalue weighted by atomic mass is 10.1. The summed E-state index contributed by atoms with van der Waals surface area (Å²) in [5.41, 5.74) is 2.24. The highest BCUT2D eigenvalue weighted by molar-refractivity contribution is 6.37. The standard InChI is InChI=1S/C22H14Cl3F3N2O2/c23-17-7-2-1-4-15(17)12-32-20-18(24)8-13(9-19(20)25)11-29-30-21(31)14-5-3-6-16(10-14)22(26,27)28/h1-11H,12H2,(H,30,31)/b29-11+. The molecule has 0 saturated heterocycles. The normalized spacial score (nSPS) is 11.6. The van der Waals surface area contributed by atoms with Crippen LogP contribution in [0.25, 0.3) is 0 Å². The molecule has 0 aliphatic heterocycles. The van der Waals surface area contributed by atoms with E-state index in [1.54, 1.807) is 18.2 Å². The molecule has 0 bridgehead atoms. The summed E-state index contributed by atoms with van der Waals surface area (Å²) in [6, 6.07) is 14.2. The van der Waals surface area contributed by atoms with Crippen LogP contribution in [0.5, 0.6) is 5.75 Å². The number of alkyl halides is 3. The Morgan fingerprint density at radius 1 is 0.969 bits per heavy atom. The summed E-state index contributed by atoms with van der Waals surface area (Å²) in [5.74, 6) is -0.553. The van der Waals surface area contributed by atoms with Gasteiger partial charge in [-0.05, 0) is 42.0 Å². The number of hydrogen-bond acceptors (Lipinski definition) is 3. The highest BCUT2D eigenvalue weighted by Gasteiger charge is 2.30. The average Bonchev–Trinajstić information content (AvgIpc) is 2.74. The molecule has 32 heavy (non-hydrogen) atoms. The van der Waals surface area contributed by atoms with Gasteiger partial charge in [0.15, 0.2) is 5.75 Å². The predicted octanol–water partition coefficient (Wildman–Crippen LogP) is 7.01. The van der Waals surface area contributed by atoms with Crippen LogP contribution in [0.3, 0.4) is 0 Å². The lowest BCUT2D eigenvalue weighted by molar-refractivity contribution is -0.137. The second kappa shape index (κ2) is 10.3. The van der Waals surface area contributed by atoms with Gasteiger partial charge in [0.2, 0.25) is 0 Å². The summed E-state index contributed by atoms with van der Waals surface area (Å²) in [6.45, 7) is 0.152. The highest BCUT2D eigenvalue weighted by Crippen LogP contribution is 2.35. The van der Waals surface area contributed by atoms with E-state index >= 15 is 0 Å².